The highest BCUT2D eigenvalue weighted by Crippen LogP contribution is 2.39. The smallest absolute Gasteiger partial charge is 0.316 e. The minimum absolute atomic E-state index is 0.00970. The number of carbonyl (C=O) groups excluding carboxylic acids is 1. The van der Waals surface area contributed by atoms with Gasteiger partial charge in [0.2, 0.25) is 0 Å². The molecule has 0 aromatic carbocycles. The maximum atomic E-state index is 11.7. The van der Waals surface area contributed by atoms with E-state index in [1.807, 2.05) is 0 Å². The maximum absolute atomic E-state index is 11.7. The molecule has 2 aliphatic rings. The standard InChI is InChI=1S/C12H20O5/c1-11(2)7-16-12(17-8-11)4-5-15-6-9(12)10(13)14-3/h9H,4-8H2,1-3H3. The summed E-state index contributed by atoms with van der Waals surface area (Å²) in [7, 11) is 1.37. The van der Waals surface area contributed by atoms with Crippen LogP contribution in [0.3, 0.4) is 0 Å². The van der Waals surface area contributed by atoms with Crippen molar-refractivity contribution in [2.24, 2.45) is 11.3 Å². The Bertz CT molecular complexity index is 289. The molecule has 1 atom stereocenters. The average molecular weight is 244 g/mol. The van der Waals surface area contributed by atoms with Gasteiger partial charge >= 0.3 is 5.97 Å². The summed E-state index contributed by atoms with van der Waals surface area (Å²) in [6.45, 7) is 6.17. The first-order valence-electron chi connectivity index (χ1n) is 5.93. The van der Waals surface area contributed by atoms with E-state index >= 15 is 0 Å². The molecule has 1 unspecified atom stereocenters. The van der Waals surface area contributed by atoms with E-state index in [0.717, 1.165) is 0 Å². The first-order chi connectivity index (χ1) is 7.99. The fraction of sp³-hybridized carbons (Fsp3) is 0.917. The number of hydrogen-bond donors (Lipinski definition) is 0. The molecular formula is C12H20O5. The zero-order chi connectivity index (χ0) is 12.5. The minimum Gasteiger partial charge on any atom is -0.469 e. The molecule has 0 radical (unpaired) electrons. The lowest BCUT2D eigenvalue weighted by molar-refractivity contribution is -0.340. The topological polar surface area (TPSA) is 54.0 Å². The molecule has 2 heterocycles. The fourth-order valence-corrected chi connectivity index (χ4v) is 2.17. The van der Waals surface area contributed by atoms with E-state index in [2.05, 4.69) is 13.8 Å². The molecule has 2 fully saturated rings. The summed E-state index contributed by atoms with van der Waals surface area (Å²) < 4.78 is 21.8. The fourth-order valence-electron chi connectivity index (χ4n) is 2.17. The van der Waals surface area contributed by atoms with Gasteiger partial charge in [-0.15, -0.1) is 0 Å². The van der Waals surface area contributed by atoms with Gasteiger partial charge in [0.15, 0.2) is 5.79 Å². The van der Waals surface area contributed by atoms with Gasteiger partial charge in [-0.05, 0) is 0 Å². The lowest BCUT2D eigenvalue weighted by Crippen LogP contribution is -2.58. The molecule has 2 saturated heterocycles. The van der Waals surface area contributed by atoms with Crippen LogP contribution >= 0.6 is 0 Å². The first kappa shape index (κ1) is 12.8. The number of hydrogen-bond acceptors (Lipinski definition) is 5. The number of methoxy groups -OCH3 is 1. The van der Waals surface area contributed by atoms with Gasteiger partial charge in [0, 0.05) is 11.8 Å². The minimum atomic E-state index is -0.846. The van der Waals surface area contributed by atoms with Crippen LogP contribution in [-0.4, -0.2) is 45.3 Å². The van der Waals surface area contributed by atoms with E-state index < -0.39 is 11.7 Å². The SMILES string of the molecule is COC(=O)C1COCCC12OCC(C)(C)CO2. The lowest BCUT2D eigenvalue weighted by atomic mass is 9.89. The third kappa shape index (κ3) is 2.46. The van der Waals surface area contributed by atoms with Crippen molar-refractivity contribution in [3.05, 3.63) is 0 Å². The molecule has 17 heavy (non-hydrogen) atoms. The Morgan fingerprint density at radius 2 is 1.94 bits per heavy atom. The second-order valence-electron chi connectivity index (χ2n) is 5.45. The summed E-state index contributed by atoms with van der Waals surface area (Å²) >= 11 is 0. The quantitative estimate of drug-likeness (QED) is 0.643. The average Bonchev–Trinajstić information content (AvgIpc) is 2.33. The summed E-state index contributed by atoms with van der Waals surface area (Å²) in [5, 5.41) is 0. The van der Waals surface area contributed by atoms with Crippen molar-refractivity contribution in [3.8, 4) is 0 Å². The molecular weight excluding hydrogens is 224 g/mol. The Kier molecular flexibility index (Phi) is 3.43. The zero-order valence-electron chi connectivity index (χ0n) is 10.7. The maximum Gasteiger partial charge on any atom is 0.316 e. The molecule has 5 heteroatoms. The largest absolute Gasteiger partial charge is 0.469 e. The van der Waals surface area contributed by atoms with Crippen LogP contribution < -0.4 is 0 Å². The molecule has 2 aliphatic heterocycles. The van der Waals surface area contributed by atoms with Gasteiger partial charge in [-0.25, -0.2) is 0 Å². The van der Waals surface area contributed by atoms with Crippen LogP contribution in [0.15, 0.2) is 0 Å². The van der Waals surface area contributed by atoms with Crippen LogP contribution in [-0.2, 0) is 23.7 Å². The van der Waals surface area contributed by atoms with Gasteiger partial charge in [-0.2, -0.15) is 0 Å². The van der Waals surface area contributed by atoms with Crippen molar-refractivity contribution in [3.63, 3.8) is 0 Å². The molecule has 0 aromatic heterocycles. The van der Waals surface area contributed by atoms with Crippen molar-refractivity contribution in [2.45, 2.75) is 26.1 Å². The second-order valence-corrected chi connectivity index (χ2v) is 5.45. The predicted molar refractivity (Wildman–Crippen MR) is 59.4 cm³/mol. The van der Waals surface area contributed by atoms with Gasteiger partial charge in [-0.3, -0.25) is 4.79 Å². The molecule has 0 bridgehead atoms. The molecule has 1 spiro atoms. The summed E-state index contributed by atoms with van der Waals surface area (Å²) in [6, 6.07) is 0. The summed E-state index contributed by atoms with van der Waals surface area (Å²) in [5.74, 6) is -1.66. The van der Waals surface area contributed by atoms with Crippen molar-refractivity contribution in [2.75, 3.05) is 33.5 Å². The summed E-state index contributed by atoms with van der Waals surface area (Å²) in [6.07, 6.45) is 0.572. The van der Waals surface area contributed by atoms with Gasteiger partial charge in [0.05, 0.1) is 33.5 Å². The van der Waals surface area contributed by atoms with Crippen molar-refractivity contribution in [1.29, 1.82) is 0 Å². The van der Waals surface area contributed by atoms with E-state index in [1.54, 1.807) is 0 Å². The van der Waals surface area contributed by atoms with Crippen LogP contribution in [0.4, 0.5) is 0 Å². The van der Waals surface area contributed by atoms with Crippen molar-refractivity contribution < 1.29 is 23.7 Å². The van der Waals surface area contributed by atoms with Gasteiger partial charge in [-0.1, -0.05) is 13.8 Å². The van der Waals surface area contributed by atoms with Gasteiger partial charge < -0.3 is 18.9 Å². The number of esters is 1. The molecule has 0 amide bonds. The molecule has 98 valence electrons. The van der Waals surface area contributed by atoms with E-state index in [0.29, 0.717) is 32.8 Å². The Labute approximate surface area is 101 Å². The zero-order valence-corrected chi connectivity index (χ0v) is 10.7. The second kappa shape index (κ2) is 4.55. The highest BCUT2D eigenvalue weighted by Gasteiger charge is 2.52. The third-order valence-corrected chi connectivity index (χ3v) is 3.31. The van der Waals surface area contributed by atoms with Crippen molar-refractivity contribution >= 4 is 5.97 Å². The highest BCUT2D eigenvalue weighted by atomic mass is 16.7. The highest BCUT2D eigenvalue weighted by molar-refractivity contribution is 5.73. The van der Waals surface area contributed by atoms with Crippen LogP contribution in [0, 0.1) is 11.3 Å². The molecule has 2 rings (SSSR count). The lowest BCUT2D eigenvalue weighted by Gasteiger charge is -2.48. The Morgan fingerprint density at radius 1 is 1.29 bits per heavy atom. The Balaban J connectivity index is 2.13. The van der Waals surface area contributed by atoms with Crippen LogP contribution in [0.25, 0.3) is 0 Å². The molecule has 0 N–H and O–H groups in total. The first-order valence-corrected chi connectivity index (χ1v) is 5.93. The summed E-state index contributed by atoms with van der Waals surface area (Å²) in [5.41, 5.74) is -0.00970. The van der Waals surface area contributed by atoms with E-state index in [9.17, 15) is 4.79 Å². The molecule has 5 nitrogen and oxygen atoms in total. The van der Waals surface area contributed by atoms with Crippen LogP contribution in [0.5, 0.6) is 0 Å². The normalized spacial score (nSPS) is 31.1. The summed E-state index contributed by atoms with van der Waals surface area (Å²) in [4.78, 5) is 11.7. The number of ether oxygens (including phenoxy) is 4. The predicted octanol–water partition coefficient (Wildman–Crippen LogP) is 0.965. The Hall–Kier alpha value is -0.650. The molecule has 0 aliphatic carbocycles. The number of carbonyl (C=O) groups is 1. The molecule has 0 aromatic rings. The van der Waals surface area contributed by atoms with E-state index in [-0.39, 0.29) is 11.4 Å². The van der Waals surface area contributed by atoms with Crippen molar-refractivity contribution in [1.82, 2.24) is 0 Å². The number of rotatable bonds is 1. The monoisotopic (exact) mass is 244 g/mol. The van der Waals surface area contributed by atoms with E-state index in [4.69, 9.17) is 18.9 Å². The van der Waals surface area contributed by atoms with E-state index in [1.165, 1.54) is 7.11 Å². The van der Waals surface area contributed by atoms with Crippen LogP contribution in [0.1, 0.15) is 20.3 Å². The molecule has 0 saturated carbocycles. The van der Waals surface area contributed by atoms with Crippen LogP contribution in [0.2, 0.25) is 0 Å². The third-order valence-electron chi connectivity index (χ3n) is 3.31. The van der Waals surface area contributed by atoms with Gasteiger partial charge in [0.25, 0.3) is 0 Å². The van der Waals surface area contributed by atoms with Gasteiger partial charge in [0.1, 0.15) is 5.92 Å². The Morgan fingerprint density at radius 3 is 2.53 bits per heavy atom.